The lowest BCUT2D eigenvalue weighted by Crippen LogP contribution is -2.28. The van der Waals surface area contributed by atoms with Crippen LogP contribution in [0.25, 0.3) is 0 Å². The number of aryl methyl sites for hydroxylation is 1. The van der Waals surface area contributed by atoms with Crippen molar-refractivity contribution >= 4 is 5.69 Å². The monoisotopic (exact) mass is 290 g/mol. The number of hydrogen-bond acceptors (Lipinski definition) is 3. The van der Waals surface area contributed by atoms with Crippen LogP contribution in [0.2, 0.25) is 0 Å². The third kappa shape index (κ3) is 4.72. The Morgan fingerprint density at radius 2 is 2.05 bits per heavy atom. The van der Waals surface area contributed by atoms with Crippen molar-refractivity contribution in [2.75, 3.05) is 18.0 Å². The molecule has 0 aromatic heterocycles. The number of nitrogens with zero attached hydrogens (tertiary/aromatic N) is 1. The second-order valence-electron chi connectivity index (χ2n) is 6.98. The molecule has 1 aromatic rings. The Balaban J connectivity index is 2.05. The summed E-state index contributed by atoms with van der Waals surface area (Å²) in [7, 11) is 0. The highest BCUT2D eigenvalue weighted by atomic mass is 16.3. The Morgan fingerprint density at radius 1 is 1.29 bits per heavy atom. The van der Waals surface area contributed by atoms with Gasteiger partial charge in [0.15, 0.2) is 0 Å². The molecule has 0 bridgehead atoms. The lowest BCUT2D eigenvalue weighted by molar-refractivity contribution is 0.0481. The van der Waals surface area contributed by atoms with Crippen LogP contribution in [0.5, 0.6) is 0 Å². The fraction of sp³-hybridized carbons (Fsp3) is 0.667. The molecule has 21 heavy (non-hydrogen) atoms. The summed E-state index contributed by atoms with van der Waals surface area (Å²) in [6.45, 7) is 11.4. The minimum absolute atomic E-state index is 0.495. The molecule has 0 spiro atoms. The SMILES string of the molecule is Cc1cc(N2CCCC(C)(O)CC2)ccc1CNC(C)C. The molecule has 1 aliphatic rings. The van der Waals surface area contributed by atoms with Crippen molar-refractivity contribution < 1.29 is 5.11 Å². The summed E-state index contributed by atoms with van der Waals surface area (Å²) < 4.78 is 0. The van der Waals surface area contributed by atoms with Gasteiger partial charge < -0.3 is 15.3 Å². The first-order valence-corrected chi connectivity index (χ1v) is 8.18. The van der Waals surface area contributed by atoms with E-state index in [4.69, 9.17) is 0 Å². The van der Waals surface area contributed by atoms with Crippen molar-refractivity contribution in [3.63, 3.8) is 0 Å². The minimum Gasteiger partial charge on any atom is -0.390 e. The van der Waals surface area contributed by atoms with Gasteiger partial charge in [-0.15, -0.1) is 0 Å². The molecule has 0 radical (unpaired) electrons. The van der Waals surface area contributed by atoms with E-state index in [1.165, 1.54) is 16.8 Å². The fourth-order valence-corrected chi connectivity index (χ4v) is 2.91. The molecule has 1 aromatic carbocycles. The maximum absolute atomic E-state index is 10.2. The first-order chi connectivity index (χ1) is 9.87. The van der Waals surface area contributed by atoms with Crippen molar-refractivity contribution in [2.24, 2.45) is 0 Å². The molecule has 2 rings (SSSR count). The Hall–Kier alpha value is -1.06. The van der Waals surface area contributed by atoms with Crippen LogP contribution >= 0.6 is 0 Å². The molecule has 1 unspecified atom stereocenters. The van der Waals surface area contributed by atoms with Gasteiger partial charge in [0, 0.05) is 31.4 Å². The van der Waals surface area contributed by atoms with Gasteiger partial charge in [-0.1, -0.05) is 19.9 Å². The number of hydrogen-bond donors (Lipinski definition) is 2. The van der Waals surface area contributed by atoms with Crippen LogP contribution in [0.4, 0.5) is 5.69 Å². The van der Waals surface area contributed by atoms with Gasteiger partial charge in [0.1, 0.15) is 0 Å². The van der Waals surface area contributed by atoms with Crippen LogP contribution in [-0.4, -0.2) is 29.8 Å². The predicted octanol–water partition coefficient (Wildman–Crippen LogP) is 3.23. The molecule has 1 aliphatic heterocycles. The second-order valence-corrected chi connectivity index (χ2v) is 6.98. The van der Waals surface area contributed by atoms with Crippen LogP contribution < -0.4 is 10.2 Å². The zero-order valence-corrected chi connectivity index (χ0v) is 13.9. The Morgan fingerprint density at radius 3 is 2.71 bits per heavy atom. The van der Waals surface area contributed by atoms with E-state index in [1.807, 2.05) is 6.92 Å². The average Bonchev–Trinajstić information content (AvgIpc) is 2.58. The molecule has 0 aliphatic carbocycles. The zero-order valence-electron chi connectivity index (χ0n) is 13.9. The highest BCUT2D eigenvalue weighted by molar-refractivity contribution is 5.51. The van der Waals surface area contributed by atoms with Crippen LogP contribution in [0.15, 0.2) is 18.2 Å². The van der Waals surface area contributed by atoms with Gasteiger partial charge in [-0.25, -0.2) is 0 Å². The van der Waals surface area contributed by atoms with E-state index in [-0.39, 0.29) is 0 Å². The Labute approximate surface area is 129 Å². The largest absolute Gasteiger partial charge is 0.390 e. The van der Waals surface area contributed by atoms with Crippen LogP contribution in [0, 0.1) is 6.92 Å². The van der Waals surface area contributed by atoms with Crippen LogP contribution in [0.1, 0.15) is 51.2 Å². The molecule has 2 N–H and O–H groups in total. The average molecular weight is 290 g/mol. The third-order valence-electron chi connectivity index (χ3n) is 4.46. The van der Waals surface area contributed by atoms with Gasteiger partial charge in [0.2, 0.25) is 0 Å². The molecule has 3 heteroatoms. The summed E-state index contributed by atoms with van der Waals surface area (Å²) in [4.78, 5) is 2.41. The van der Waals surface area contributed by atoms with Gasteiger partial charge in [0.05, 0.1) is 5.60 Å². The van der Waals surface area contributed by atoms with Gasteiger partial charge in [0.25, 0.3) is 0 Å². The topological polar surface area (TPSA) is 35.5 Å². The van der Waals surface area contributed by atoms with E-state index in [2.05, 4.69) is 49.2 Å². The summed E-state index contributed by atoms with van der Waals surface area (Å²) in [5, 5.41) is 13.7. The lowest BCUT2D eigenvalue weighted by atomic mass is 9.98. The third-order valence-corrected chi connectivity index (χ3v) is 4.46. The van der Waals surface area contributed by atoms with Gasteiger partial charge in [-0.3, -0.25) is 0 Å². The number of benzene rings is 1. The molecular formula is C18H30N2O. The first kappa shape index (κ1) is 16.3. The number of aliphatic hydroxyl groups is 1. The van der Waals surface area contributed by atoms with E-state index in [9.17, 15) is 5.11 Å². The van der Waals surface area contributed by atoms with Crippen molar-refractivity contribution in [3.8, 4) is 0 Å². The predicted molar refractivity (Wildman–Crippen MR) is 89.8 cm³/mol. The highest BCUT2D eigenvalue weighted by Crippen LogP contribution is 2.26. The Bertz CT molecular complexity index is 468. The summed E-state index contributed by atoms with van der Waals surface area (Å²) in [5.41, 5.74) is 3.51. The van der Waals surface area contributed by atoms with Crippen molar-refractivity contribution in [3.05, 3.63) is 29.3 Å². The molecule has 1 heterocycles. The quantitative estimate of drug-likeness (QED) is 0.893. The van der Waals surface area contributed by atoms with Crippen molar-refractivity contribution in [1.82, 2.24) is 5.32 Å². The number of nitrogens with one attached hydrogen (secondary N) is 1. The van der Waals surface area contributed by atoms with Crippen LogP contribution in [0.3, 0.4) is 0 Å². The summed E-state index contributed by atoms with van der Waals surface area (Å²) in [6, 6.07) is 7.27. The zero-order chi connectivity index (χ0) is 15.5. The molecule has 0 saturated carbocycles. The maximum atomic E-state index is 10.2. The summed E-state index contributed by atoms with van der Waals surface area (Å²) in [5.74, 6) is 0. The Kier molecular flexibility index (Phi) is 5.28. The van der Waals surface area contributed by atoms with E-state index in [1.54, 1.807) is 0 Å². The molecule has 1 fully saturated rings. The minimum atomic E-state index is -0.495. The van der Waals surface area contributed by atoms with Crippen molar-refractivity contribution in [1.29, 1.82) is 0 Å². The normalized spacial score (nSPS) is 23.4. The second kappa shape index (κ2) is 6.80. The van der Waals surface area contributed by atoms with E-state index < -0.39 is 5.60 Å². The first-order valence-electron chi connectivity index (χ1n) is 8.18. The van der Waals surface area contributed by atoms with Crippen molar-refractivity contribution in [2.45, 2.75) is 65.1 Å². The van der Waals surface area contributed by atoms with E-state index in [0.29, 0.717) is 6.04 Å². The highest BCUT2D eigenvalue weighted by Gasteiger charge is 2.25. The summed E-state index contributed by atoms with van der Waals surface area (Å²) in [6.07, 6.45) is 2.81. The number of rotatable bonds is 4. The summed E-state index contributed by atoms with van der Waals surface area (Å²) >= 11 is 0. The maximum Gasteiger partial charge on any atom is 0.0637 e. The van der Waals surface area contributed by atoms with Crippen LogP contribution in [-0.2, 0) is 6.54 Å². The standard InChI is InChI=1S/C18H30N2O/c1-14(2)19-13-16-6-7-17(12-15(16)3)20-10-5-8-18(4,21)9-11-20/h6-7,12,14,19,21H,5,8-11,13H2,1-4H3. The van der Waals surface area contributed by atoms with E-state index >= 15 is 0 Å². The molecule has 1 atom stereocenters. The number of anilines is 1. The molecule has 118 valence electrons. The van der Waals surface area contributed by atoms with E-state index in [0.717, 1.165) is 38.9 Å². The molecule has 1 saturated heterocycles. The van der Waals surface area contributed by atoms with Gasteiger partial charge >= 0.3 is 0 Å². The van der Waals surface area contributed by atoms with Gasteiger partial charge in [-0.05, 0) is 56.4 Å². The smallest absolute Gasteiger partial charge is 0.0637 e. The molecular weight excluding hydrogens is 260 g/mol. The fourth-order valence-electron chi connectivity index (χ4n) is 2.91. The lowest BCUT2D eigenvalue weighted by Gasteiger charge is -2.25. The molecule has 0 amide bonds. The molecule has 3 nitrogen and oxygen atoms in total. The van der Waals surface area contributed by atoms with Gasteiger partial charge in [-0.2, -0.15) is 0 Å².